The summed E-state index contributed by atoms with van der Waals surface area (Å²) >= 11 is 0. The van der Waals surface area contributed by atoms with Gasteiger partial charge in [-0.2, -0.15) is 4.31 Å². The first-order valence-corrected chi connectivity index (χ1v) is 7.84. The van der Waals surface area contributed by atoms with E-state index in [1.165, 1.54) is 10.4 Å². The van der Waals surface area contributed by atoms with E-state index in [9.17, 15) is 8.42 Å². The number of furan rings is 1. The maximum atomic E-state index is 12.5. The van der Waals surface area contributed by atoms with Crippen molar-refractivity contribution in [2.45, 2.75) is 30.5 Å². The van der Waals surface area contributed by atoms with Gasteiger partial charge in [0.05, 0.1) is 6.54 Å². The fraction of sp³-hybridized carbons (Fsp3) is 0.667. The number of sulfonamides is 1. The lowest BCUT2D eigenvalue weighted by molar-refractivity contribution is 0.188. The third kappa shape index (κ3) is 3.00. The molecule has 0 aliphatic carbocycles. The molecule has 2 rings (SSSR count). The number of hydrogen-bond acceptors (Lipinski definition) is 5. The van der Waals surface area contributed by atoms with E-state index in [0.29, 0.717) is 18.8 Å². The average molecular weight is 287 g/mol. The molecule has 2 N–H and O–H groups in total. The Labute approximate surface area is 114 Å². The highest BCUT2D eigenvalue weighted by atomic mass is 32.2. The molecular weight excluding hydrogens is 266 g/mol. The van der Waals surface area contributed by atoms with E-state index >= 15 is 0 Å². The molecule has 6 nitrogen and oxygen atoms in total. The largest absolute Gasteiger partial charge is 0.447 e. The van der Waals surface area contributed by atoms with Crippen LogP contribution in [0, 0.1) is 0 Å². The van der Waals surface area contributed by atoms with Gasteiger partial charge < -0.3 is 15.1 Å². The van der Waals surface area contributed by atoms with Crippen LogP contribution in [0.25, 0.3) is 0 Å². The van der Waals surface area contributed by atoms with Gasteiger partial charge >= 0.3 is 0 Å². The second-order valence-electron chi connectivity index (χ2n) is 5.05. The van der Waals surface area contributed by atoms with Crippen LogP contribution in [-0.2, 0) is 16.6 Å². The van der Waals surface area contributed by atoms with Crippen LogP contribution in [0.3, 0.4) is 0 Å². The van der Waals surface area contributed by atoms with Crippen molar-refractivity contribution >= 4 is 10.0 Å². The number of nitrogens with zero attached hydrogens (tertiary/aromatic N) is 2. The summed E-state index contributed by atoms with van der Waals surface area (Å²) in [6.07, 6.45) is 1.89. The van der Waals surface area contributed by atoms with Crippen LogP contribution in [0.2, 0.25) is 0 Å². The molecule has 0 aromatic carbocycles. The van der Waals surface area contributed by atoms with Gasteiger partial charge in [-0.25, -0.2) is 8.42 Å². The number of likely N-dealkylation sites (N-methyl/N-ethyl adjacent to an activating group) is 1. The van der Waals surface area contributed by atoms with E-state index in [0.717, 1.165) is 12.8 Å². The van der Waals surface area contributed by atoms with Gasteiger partial charge in [0, 0.05) is 19.1 Å². The Balaban J connectivity index is 2.19. The Kier molecular flexibility index (Phi) is 4.29. The average Bonchev–Trinajstić information content (AvgIpc) is 2.88. The standard InChI is InChI=1S/C12H21N3O3S/c1-14(2)10-4-3-7-15(9-10)19(16,17)12-6-5-11(8-13)18-12/h5-6,10H,3-4,7-9,13H2,1-2H3. The lowest BCUT2D eigenvalue weighted by atomic mass is 10.1. The molecular formula is C12H21N3O3S. The molecule has 0 amide bonds. The van der Waals surface area contributed by atoms with E-state index in [4.69, 9.17) is 10.2 Å². The van der Waals surface area contributed by atoms with Crippen LogP contribution in [0.15, 0.2) is 21.6 Å². The molecule has 1 aliphatic rings. The van der Waals surface area contributed by atoms with Crippen LogP contribution in [-0.4, -0.2) is 50.8 Å². The predicted molar refractivity (Wildman–Crippen MR) is 72.1 cm³/mol. The highest BCUT2D eigenvalue weighted by Crippen LogP contribution is 2.23. The quantitative estimate of drug-likeness (QED) is 0.870. The first-order valence-electron chi connectivity index (χ1n) is 6.40. The Morgan fingerprint density at radius 1 is 1.47 bits per heavy atom. The van der Waals surface area contributed by atoms with Crippen molar-refractivity contribution in [2.24, 2.45) is 5.73 Å². The van der Waals surface area contributed by atoms with Gasteiger partial charge in [0.1, 0.15) is 5.76 Å². The fourth-order valence-electron chi connectivity index (χ4n) is 2.29. The summed E-state index contributed by atoms with van der Waals surface area (Å²) in [5.41, 5.74) is 5.44. The Morgan fingerprint density at radius 2 is 2.21 bits per heavy atom. The normalized spacial score (nSPS) is 22.0. The van der Waals surface area contributed by atoms with Crippen molar-refractivity contribution in [3.8, 4) is 0 Å². The molecule has 0 saturated carbocycles. The third-order valence-corrected chi connectivity index (χ3v) is 5.26. The van der Waals surface area contributed by atoms with Crippen molar-refractivity contribution in [2.75, 3.05) is 27.2 Å². The molecule has 1 atom stereocenters. The monoisotopic (exact) mass is 287 g/mol. The van der Waals surface area contributed by atoms with Crippen LogP contribution in [0.4, 0.5) is 0 Å². The van der Waals surface area contributed by atoms with E-state index < -0.39 is 10.0 Å². The Hall–Kier alpha value is -0.890. The molecule has 0 spiro atoms. The summed E-state index contributed by atoms with van der Waals surface area (Å²) in [5, 5.41) is -0.00708. The minimum Gasteiger partial charge on any atom is -0.447 e. The molecule has 7 heteroatoms. The molecule has 2 heterocycles. The molecule has 0 bridgehead atoms. The summed E-state index contributed by atoms with van der Waals surface area (Å²) < 4.78 is 31.7. The fourth-order valence-corrected chi connectivity index (χ4v) is 3.74. The van der Waals surface area contributed by atoms with Gasteiger partial charge in [0.15, 0.2) is 0 Å². The second kappa shape index (κ2) is 5.62. The van der Waals surface area contributed by atoms with Crippen LogP contribution in [0.1, 0.15) is 18.6 Å². The molecule has 19 heavy (non-hydrogen) atoms. The van der Waals surface area contributed by atoms with E-state index in [-0.39, 0.29) is 17.7 Å². The van der Waals surface area contributed by atoms with Crippen molar-refractivity contribution < 1.29 is 12.8 Å². The van der Waals surface area contributed by atoms with Gasteiger partial charge in [0.2, 0.25) is 5.09 Å². The lowest BCUT2D eigenvalue weighted by Gasteiger charge is -2.34. The zero-order valence-corrected chi connectivity index (χ0v) is 12.2. The van der Waals surface area contributed by atoms with Crippen molar-refractivity contribution in [3.05, 3.63) is 17.9 Å². The van der Waals surface area contributed by atoms with Gasteiger partial charge in [-0.1, -0.05) is 0 Å². The SMILES string of the molecule is CN(C)C1CCCN(S(=O)(=O)c2ccc(CN)o2)C1. The van der Waals surface area contributed by atoms with Crippen molar-refractivity contribution in [3.63, 3.8) is 0 Å². The minimum atomic E-state index is -3.53. The van der Waals surface area contributed by atoms with Gasteiger partial charge in [-0.15, -0.1) is 0 Å². The van der Waals surface area contributed by atoms with Crippen molar-refractivity contribution in [1.29, 1.82) is 0 Å². The Morgan fingerprint density at radius 3 is 2.79 bits per heavy atom. The Bertz CT molecular complexity index is 524. The van der Waals surface area contributed by atoms with Gasteiger partial charge in [0.25, 0.3) is 10.0 Å². The zero-order chi connectivity index (χ0) is 14.0. The maximum Gasteiger partial charge on any atom is 0.276 e. The van der Waals surface area contributed by atoms with Gasteiger partial charge in [-0.3, -0.25) is 0 Å². The van der Waals surface area contributed by atoms with Gasteiger partial charge in [-0.05, 0) is 39.1 Å². The predicted octanol–water partition coefficient (Wildman–Crippen LogP) is 0.453. The van der Waals surface area contributed by atoms with Crippen LogP contribution < -0.4 is 5.73 Å². The highest BCUT2D eigenvalue weighted by Gasteiger charge is 2.32. The van der Waals surface area contributed by atoms with Crippen molar-refractivity contribution in [1.82, 2.24) is 9.21 Å². The topological polar surface area (TPSA) is 79.8 Å². The van der Waals surface area contributed by atoms with Crippen LogP contribution >= 0.6 is 0 Å². The number of nitrogens with two attached hydrogens (primary N) is 1. The zero-order valence-electron chi connectivity index (χ0n) is 11.4. The summed E-state index contributed by atoms with van der Waals surface area (Å²) in [5.74, 6) is 0.486. The first-order chi connectivity index (χ1) is 8.95. The van der Waals surface area contributed by atoms with E-state index in [1.54, 1.807) is 6.07 Å². The smallest absolute Gasteiger partial charge is 0.276 e. The molecule has 1 aliphatic heterocycles. The third-order valence-electron chi connectivity index (χ3n) is 3.52. The number of rotatable bonds is 4. The maximum absolute atomic E-state index is 12.5. The molecule has 1 unspecified atom stereocenters. The molecule has 1 fully saturated rings. The highest BCUT2D eigenvalue weighted by molar-refractivity contribution is 7.89. The lowest BCUT2D eigenvalue weighted by Crippen LogP contribution is -2.47. The molecule has 1 aromatic heterocycles. The first kappa shape index (κ1) is 14.5. The summed E-state index contributed by atoms with van der Waals surface area (Å²) in [7, 11) is 0.412. The molecule has 1 aromatic rings. The van der Waals surface area contributed by atoms with Crippen LogP contribution in [0.5, 0.6) is 0 Å². The molecule has 108 valence electrons. The second-order valence-corrected chi connectivity index (χ2v) is 6.92. The number of hydrogen-bond donors (Lipinski definition) is 1. The summed E-state index contributed by atoms with van der Waals surface area (Å²) in [6, 6.07) is 3.35. The summed E-state index contributed by atoms with van der Waals surface area (Å²) in [6.45, 7) is 1.26. The number of piperidine rings is 1. The minimum absolute atomic E-state index is 0.00708. The molecule has 0 radical (unpaired) electrons. The molecule has 1 saturated heterocycles. The van der Waals surface area contributed by atoms with E-state index in [1.807, 2.05) is 14.1 Å². The van der Waals surface area contributed by atoms with E-state index in [2.05, 4.69) is 4.90 Å². The summed E-state index contributed by atoms with van der Waals surface area (Å²) in [4.78, 5) is 2.06.